The minimum atomic E-state index is -0.109. The third-order valence-corrected chi connectivity index (χ3v) is 4.87. The predicted octanol–water partition coefficient (Wildman–Crippen LogP) is 3.68. The molecule has 1 aliphatic rings. The van der Waals surface area contributed by atoms with Crippen molar-refractivity contribution < 1.29 is 4.79 Å². The van der Waals surface area contributed by atoms with Crippen molar-refractivity contribution in [1.82, 2.24) is 19.9 Å². The van der Waals surface area contributed by atoms with E-state index in [4.69, 9.17) is 11.6 Å². The molecule has 1 aromatic carbocycles. The van der Waals surface area contributed by atoms with Gasteiger partial charge in [0.15, 0.2) is 5.82 Å². The third-order valence-electron chi connectivity index (χ3n) is 4.58. The van der Waals surface area contributed by atoms with Crippen LogP contribution in [0.2, 0.25) is 5.02 Å². The number of aromatic nitrogens is 3. The Morgan fingerprint density at radius 1 is 1.42 bits per heavy atom. The molecule has 24 heavy (non-hydrogen) atoms. The van der Waals surface area contributed by atoms with E-state index in [1.165, 1.54) is 0 Å². The van der Waals surface area contributed by atoms with Gasteiger partial charge in [-0.1, -0.05) is 17.7 Å². The van der Waals surface area contributed by atoms with Crippen molar-refractivity contribution in [2.24, 2.45) is 0 Å². The van der Waals surface area contributed by atoms with Gasteiger partial charge in [-0.25, -0.2) is 4.98 Å². The summed E-state index contributed by atoms with van der Waals surface area (Å²) in [6, 6.07) is 7.72. The number of carbonyl (C=O) groups is 1. The van der Waals surface area contributed by atoms with Crippen LogP contribution in [-0.2, 0) is 6.42 Å². The number of hydrogen-bond donors (Lipinski definition) is 1. The monoisotopic (exact) mass is 340 g/mol. The SMILES string of the molecule is Cc1cc(Cl)c2nc(C(=O)N3CCc4ncccc4[C@H]3C)[nH]c2c1. The zero-order chi connectivity index (χ0) is 16.8. The Kier molecular flexibility index (Phi) is 3.53. The van der Waals surface area contributed by atoms with Crippen LogP contribution in [0.15, 0.2) is 30.5 Å². The van der Waals surface area contributed by atoms with Crippen LogP contribution in [0.4, 0.5) is 0 Å². The number of benzene rings is 1. The lowest BCUT2D eigenvalue weighted by Crippen LogP contribution is -2.39. The van der Waals surface area contributed by atoms with Gasteiger partial charge < -0.3 is 9.88 Å². The molecule has 1 amide bonds. The number of imidazole rings is 1. The second-order valence-corrected chi connectivity index (χ2v) is 6.60. The first-order chi connectivity index (χ1) is 11.5. The first-order valence-electron chi connectivity index (χ1n) is 7.95. The van der Waals surface area contributed by atoms with Crippen molar-refractivity contribution in [3.63, 3.8) is 0 Å². The van der Waals surface area contributed by atoms with Gasteiger partial charge in [0.2, 0.25) is 0 Å². The Morgan fingerprint density at radius 2 is 2.25 bits per heavy atom. The van der Waals surface area contributed by atoms with Crippen LogP contribution in [0.1, 0.15) is 40.4 Å². The lowest BCUT2D eigenvalue weighted by molar-refractivity contribution is 0.0665. The molecule has 0 radical (unpaired) electrons. The maximum absolute atomic E-state index is 13.0. The van der Waals surface area contributed by atoms with E-state index in [9.17, 15) is 4.79 Å². The highest BCUT2D eigenvalue weighted by Gasteiger charge is 2.30. The summed E-state index contributed by atoms with van der Waals surface area (Å²) in [6.07, 6.45) is 2.55. The molecule has 0 aliphatic carbocycles. The zero-order valence-corrected chi connectivity index (χ0v) is 14.3. The molecule has 122 valence electrons. The summed E-state index contributed by atoms with van der Waals surface area (Å²) >= 11 is 6.25. The van der Waals surface area contributed by atoms with Crippen LogP contribution in [0.3, 0.4) is 0 Å². The lowest BCUT2D eigenvalue weighted by Gasteiger charge is -2.34. The van der Waals surface area contributed by atoms with Crippen molar-refractivity contribution >= 4 is 28.5 Å². The number of carbonyl (C=O) groups excluding carboxylic acids is 1. The highest BCUT2D eigenvalue weighted by atomic mass is 35.5. The number of fused-ring (bicyclic) bond motifs is 2. The summed E-state index contributed by atoms with van der Waals surface area (Å²) in [5, 5.41) is 0.557. The van der Waals surface area contributed by atoms with Gasteiger partial charge in [-0.3, -0.25) is 9.78 Å². The summed E-state index contributed by atoms with van der Waals surface area (Å²) in [7, 11) is 0. The van der Waals surface area contributed by atoms with Gasteiger partial charge in [-0.05, 0) is 43.2 Å². The number of H-pyrrole nitrogens is 1. The van der Waals surface area contributed by atoms with Crippen molar-refractivity contribution in [2.75, 3.05) is 6.54 Å². The summed E-state index contributed by atoms with van der Waals surface area (Å²) in [6.45, 7) is 4.62. The minimum Gasteiger partial charge on any atom is -0.334 e. The molecule has 4 rings (SSSR count). The van der Waals surface area contributed by atoms with Crippen molar-refractivity contribution in [3.05, 3.63) is 58.1 Å². The largest absolute Gasteiger partial charge is 0.334 e. The number of aromatic amines is 1. The molecule has 6 heteroatoms. The summed E-state index contributed by atoms with van der Waals surface area (Å²) < 4.78 is 0. The van der Waals surface area contributed by atoms with E-state index in [0.29, 0.717) is 22.9 Å². The summed E-state index contributed by atoms with van der Waals surface area (Å²) in [5.74, 6) is 0.221. The van der Waals surface area contributed by atoms with Crippen molar-refractivity contribution in [3.8, 4) is 0 Å². The Bertz CT molecular complexity index is 949. The van der Waals surface area contributed by atoms with Gasteiger partial charge in [0, 0.05) is 24.9 Å². The molecular formula is C18H17ClN4O. The molecule has 1 atom stereocenters. The van der Waals surface area contributed by atoms with Gasteiger partial charge >= 0.3 is 0 Å². The van der Waals surface area contributed by atoms with E-state index < -0.39 is 0 Å². The van der Waals surface area contributed by atoms with Crippen LogP contribution in [0, 0.1) is 6.92 Å². The smallest absolute Gasteiger partial charge is 0.290 e. The molecular weight excluding hydrogens is 324 g/mol. The fraction of sp³-hybridized carbons (Fsp3) is 0.278. The second-order valence-electron chi connectivity index (χ2n) is 6.19. The van der Waals surface area contributed by atoms with Gasteiger partial charge in [-0.2, -0.15) is 0 Å². The molecule has 1 aliphatic heterocycles. The molecule has 0 fully saturated rings. The summed E-state index contributed by atoms with van der Waals surface area (Å²) in [5.41, 5.74) is 4.62. The highest BCUT2D eigenvalue weighted by molar-refractivity contribution is 6.35. The molecule has 0 saturated carbocycles. The fourth-order valence-electron chi connectivity index (χ4n) is 3.35. The van der Waals surface area contributed by atoms with E-state index in [1.54, 1.807) is 6.20 Å². The van der Waals surface area contributed by atoms with Gasteiger partial charge in [0.1, 0.15) is 5.52 Å². The third kappa shape index (κ3) is 2.36. The Labute approximate surface area is 144 Å². The molecule has 1 N–H and O–H groups in total. The molecule has 3 heterocycles. The molecule has 3 aromatic rings. The number of nitrogens with one attached hydrogen (secondary N) is 1. The Hall–Kier alpha value is -2.40. The number of hydrogen-bond acceptors (Lipinski definition) is 3. The maximum atomic E-state index is 13.0. The van der Waals surface area contributed by atoms with E-state index in [1.807, 2.05) is 43.0 Å². The maximum Gasteiger partial charge on any atom is 0.290 e. The fourth-order valence-corrected chi connectivity index (χ4v) is 3.67. The number of aryl methyl sites for hydroxylation is 1. The van der Waals surface area contributed by atoms with Crippen LogP contribution in [0.5, 0.6) is 0 Å². The number of rotatable bonds is 1. The first kappa shape index (κ1) is 15.1. The first-order valence-corrected chi connectivity index (χ1v) is 8.33. The van der Waals surface area contributed by atoms with Gasteiger partial charge in [-0.15, -0.1) is 0 Å². The molecule has 2 aromatic heterocycles. The van der Waals surface area contributed by atoms with E-state index >= 15 is 0 Å². The molecule has 5 nitrogen and oxygen atoms in total. The number of halogens is 1. The number of amides is 1. The summed E-state index contributed by atoms with van der Waals surface area (Å²) in [4.78, 5) is 26.7. The van der Waals surface area contributed by atoms with E-state index in [-0.39, 0.29) is 11.9 Å². The van der Waals surface area contributed by atoms with E-state index in [0.717, 1.165) is 28.8 Å². The Balaban J connectivity index is 1.71. The minimum absolute atomic E-state index is 0.0274. The van der Waals surface area contributed by atoms with Crippen LogP contribution in [0.25, 0.3) is 11.0 Å². The Morgan fingerprint density at radius 3 is 3.08 bits per heavy atom. The van der Waals surface area contributed by atoms with Crippen molar-refractivity contribution in [2.45, 2.75) is 26.3 Å². The lowest BCUT2D eigenvalue weighted by atomic mass is 9.98. The van der Waals surface area contributed by atoms with E-state index in [2.05, 4.69) is 15.0 Å². The average molecular weight is 341 g/mol. The highest BCUT2D eigenvalue weighted by Crippen LogP contribution is 2.30. The molecule has 0 unspecified atom stereocenters. The molecule has 0 spiro atoms. The van der Waals surface area contributed by atoms with Crippen LogP contribution in [-0.4, -0.2) is 32.3 Å². The van der Waals surface area contributed by atoms with Gasteiger partial charge in [0.05, 0.1) is 16.6 Å². The number of pyridine rings is 1. The quantitative estimate of drug-likeness (QED) is 0.735. The predicted molar refractivity (Wildman–Crippen MR) is 93.2 cm³/mol. The molecule has 0 saturated heterocycles. The van der Waals surface area contributed by atoms with Crippen LogP contribution < -0.4 is 0 Å². The topological polar surface area (TPSA) is 61.9 Å². The zero-order valence-electron chi connectivity index (χ0n) is 13.5. The molecule has 0 bridgehead atoms. The second kappa shape index (κ2) is 5.60. The van der Waals surface area contributed by atoms with Crippen molar-refractivity contribution in [1.29, 1.82) is 0 Å². The van der Waals surface area contributed by atoms with Crippen LogP contribution >= 0.6 is 11.6 Å². The average Bonchev–Trinajstić information content (AvgIpc) is 2.99. The standard InChI is InChI=1S/C18H17ClN4O/c1-10-8-13(19)16-15(9-10)21-17(22-16)18(24)23-7-5-14-12(11(23)2)4-3-6-20-14/h3-4,6,8-9,11H,5,7H2,1-2H3,(H,21,22)/t11-/m1/s1. The van der Waals surface area contributed by atoms with Gasteiger partial charge in [0.25, 0.3) is 5.91 Å². The number of nitrogens with zero attached hydrogens (tertiary/aromatic N) is 3. The normalized spacial score (nSPS) is 17.1.